The number of allylic oxidation sites excluding steroid dienone is 1. The van der Waals surface area contributed by atoms with Crippen LogP contribution in [-0.2, 0) is 0 Å². The average molecular weight is 322 g/mol. The van der Waals surface area contributed by atoms with Crippen LogP contribution in [0.2, 0.25) is 0 Å². The van der Waals surface area contributed by atoms with E-state index >= 15 is 0 Å². The number of thioether (sulfide) groups is 2. The van der Waals surface area contributed by atoms with Crippen LogP contribution in [0, 0.1) is 23.0 Å². The van der Waals surface area contributed by atoms with Gasteiger partial charge in [-0.25, -0.2) is 13.5 Å². The Hall–Kier alpha value is -1.85. The van der Waals surface area contributed by atoms with Gasteiger partial charge < -0.3 is 0 Å². The maximum absolute atomic E-state index is 13.8. The van der Waals surface area contributed by atoms with Crippen LogP contribution in [0.15, 0.2) is 34.8 Å². The highest BCUT2D eigenvalue weighted by atomic mass is 32.2. The fourth-order valence-electron chi connectivity index (χ4n) is 1.91. The van der Waals surface area contributed by atoms with Crippen molar-refractivity contribution in [2.75, 3.05) is 5.75 Å². The van der Waals surface area contributed by atoms with Crippen LogP contribution in [0.5, 0.6) is 0 Å². The average Bonchev–Trinajstić information content (AvgIpc) is 3.12. The molecule has 0 radical (unpaired) electrons. The Morgan fingerprint density at radius 2 is 2.29 bits per heavy atom. The van der Waals surface area contributed by atoms with Crippen molar-refractivity contribution in [2.45, 2.75) is 5.25 Å². The maximum atomic E-state index is 13.8. The molecule has 1 fully saturated rings. The second-order valence-corrected chi connectivity index (χ2v) is 6.68. The topological polar surface area (TPSA) is 54.5 Å². The van der Waals surface area contributed by atoms with Gasteiger partial charge in [-0.3, -0.25) is 0 Å². The van der Waals surface area contributed by atoms with Crippen LogP contribution >= 0.6 is 23.5 Å². The number of nitrogens with zero attached hydrogens (tertiary/aromatic N) is 4. The van der Waals surface area contributed by atoms with Gasteiger partial charge in [0.2, 0.25) is 0 Å². The first-order valence-electron chi connectivity index (χ1n) is 5.94. The van der Waals surface area contributed by atoms with Gasteiger partial charge in [0.05, 0.1) is 16.6 Å². The van der Waals surface area contributed by atoms with Crippen molar-refractivity contribution in [3.8, 4) is 6.07 Å². The Morgan fingerprint density at radius 1 is 1.43 bits per heavy atom. The van der Waals surface area contributed by atoms with Crippen LogP contribution in [0.25, 0.3) is 5.70 Å². The molecular weight excluding hydrogens is 314 g/mol. The molecule has 4 nitrogen and oxygen atoms in total. The van der Waals surface area contributed by atoms with E-state index in [0.29, 0.717) is 17.0 Å². The van der Waals surface area contributed by atoms with Crippen LogP contribution in [0.3, 0.4) is 0 Å². The van der Waals surface area contributed by atoms with Gasteiger partial charge in [-0.1, -0.05) is 11.3 Å². The molecule has 0 saturated carbocycles. The summed E-state index contributed by atoms with van der Waals surface area (Å²) in [7, 11) is 0. The molecule has 2 aromatic rings. The lowest BCUT2D eigenvalue weighted by molar-refractivity contribution is 0.573. The first kappa shape index (κ1) is 14.1. The van der Waals surface area contributed by atoms with Crippen molar-refractivity contribution in [1.82, 2.24) is 15.0 Å². The minimum absolute atomic E-state index is 0.155. The molecule has 21 heavy (non-hydrogen) atoms. The lowest BCUT2D eigenvalue weighted by atomic mass is 10.1. The highest BCUT2D eigenvalue weighted by Gasteiger charge is 2.28. The van der Waals surface area contributed by atoms with Gasteiger partial charge in [0.25, 0.3) is 0 Å². The van der Waals surface area contributed by atoms with Gasteiger partial charge >= 0.3 is 0 Å². The molecule has 0 unspecified atom stereocenters. The highest BCUT2D eigenvalue weighted by molar-refractivity contribution is 8.25. The molecule has 1 aromatic heterocycles. The molecule has 0 amide bonds. The molecule has 1 saturated heterocycles. The van der Waals surface area contributed by atoms with E-state index < -0.39 is 11.6 Å². The number of hydrogen-bond acceptors (Lipinski definition) is 5. The van der Waals surface area contributed by atoms with E-state index in [9.17, 15) is 14.0 Å². The normalized spacial score (nSPS) is 20.3. The molecule has 8 heteroatoms. The third kappa shape index (κ3) is 2.80. The quantitative estimate of drug-likeness (QED) is 0.793. The minimum atomic E-state index is -0.594. The van der Waals surface area contributed by atoms with Crippen molar-refractivity contribution in [1.29, 1.82) is 5.26 Å². The number of hydrogen-bond donors (Lipinski definition) is 0. The Kier molecular flexibility index (Phi) is 3.94. The number of rotatable bonds is 2. The summed E-state index contributed by atoms with van der Waals surface area (Å²) in [6.07, 6.45) is 3.07. The second-order valence-electron chi connectivity index (χ2n) is 4.18. The molecule has 0 aliphatic carbocycles. The summed E-state index contributed by atoms with van der Waals surface area (Å²) < 4.78 is 28.9. The fraction of sp³-hybridized carbons (Fsp3) is 0.154. The first-order valence-corrected chi connectivity index (χ1v) is 7.81. The Balaban J connectivity index is 1.90. The maximum Gasteiger partial charge on any atom is 0.163 e. The summed E-state index contributed by atoms with van der Waals surface area (Å²) in [6.45, 7) is 0. The van der Waals surface area contributed by atoms with Crippen molar-refractivity contribution < 1.29 is 8.78 Å². The number of nitriles is 1. The molecule has 3 rings (SSSR count). The Labute approximate surface area is 127 Å². The zero-order valence-corrected chi connectivity index (χ0v) is 12.2. The second kappa shape index (κ2) is 5.87. The van der Waals surface area contributed by atoms with E-state index in [1.807, 2.05) is 0 Å². The van der Waals surface area contributed by atoms with Gasteiger partial charge in [0, 0.05) is 22.6 Å². The molecule has 2 heterocycles. The van der Waals surface area contributed by atoms with Crippen molar-refractivity contribution in [2.24, 2.45) is 0 Å². The lowest BCUT2D eigenvalue weighted by Crippen LogP contribution is -1.98. The monoisotopic (exact) mass is 322 g/mol. The number of halogens is 2. The van der Waals surface area contributed by atoms with Gasteiger partial charge in [0.15, 0.2) is 5.70 Å². The van der Waals surface area contributed by atoms with E-state index in [2.05, 4.69) is 16.4 Å². The number of benzene rings is 1. The van der Waals surface area contributed by atoms with E-state index in [0.717, 1.165) is 10.3 Å². The van der Waals surface area contributed by atoms with E-state index in [1.165, 1.54) is 46.5 Å². The van der Waals surface area contributed by atoms with Gasteiger partial charge in [0.1, 0.15) is 17.7 Å². The smallest absolute Gasteiger partial charge is 0.163 e. The fourth-order valence-corrected chi connectivity index (χ4v) is 4.79. The van der Waals surface area contributed by atoms with Gasteiger partial charge in [-0.05, 0) is 6.07 Å². The molecule has 0 N–H and O–H groups in total. The van der Waals surface area contributed by atoms with Crippen molar-refractivity contribution in [3.63, 3.8) is 0 Å². The molecule has 106 valence electrons. The Morgan fingerprint density at radius 3 is 2.95 bits per heavy atom. The molecule has 1 aliphatic rings. The van der Waals surface area contributed by atoms with Gasteiger partial charge in [-0.15, -0.1) is 28.6 Å². The standard InChI is InChI=1S/C13H8F2N4S2/c14-8-1-2-9(10(15)5-8)12-7-20-13(21-12)11(6-16)19-4-3-17-18-19/h1-5,12H,7H2/b13-11+/t12-/m0/s1. The summed E-state index contributed by atoms with van der Waals surface area (Å²) in [5.74, 6) is -0.542. The summed E-state index contributed by atoms with van der Waals surface area (Å²) in [4.78, 5) is 0. The zero-order valence-electron chi connectivity index (χ0n) is 10.5. The zero-order chi connectivity index (χ0) is 14.8. The largest absolute Gasteiger partial charge is 0.208 e. The predicted octanol–water partition coefficient (Wildman–Crippen LogP) is 3.43. The van der Waals surface area contributed by atoms with Crippen LogP contribution in [0.1, 0.15) is 10.8 Å². The molecule has 0 bridgehead atoms. The van der Waals surface area contributed by atoms with E-state index in [-0.39, 0.29) is 5.25 Å². The van der Waals surface area contributed by atoms with Crippen molar-refractivity contribution >= 4 is 29.2 Å². The first-order chi connectivity index (χ1) is 10.2. The molecule has 0 spiro atoms. The molecule has 1 atom stereocenters. The third-order valence-corrected chi connectivity index (χ3v) is 5.80. The predicted molar refractivity (Wildman–Crippen MR) is 78.0 cm³/mol. The van der Waals surface area contributed by atoms with Gasteiger partial charge in [-0.2, -0.15) is 5.26 Å². The van der Waals surface area contributed by atoms with Crippen LogP contribution < -0.4 is 0 Å². The van der Waals surface area contributed by atoms with Crippen molar-refractivity contribution in [3.05, 3.63) is 52.0 Å². The third-order valence-electron chi connectivity index (χ3n) is 2.88. The van der Waals surface area contributed by atoms with Crippen LogP contribution in [0.4, 0.5) is 8.78 Å². The molecule has 1 aromatic carbocycles. The van der Waals surface area contributed by atoms with E-state index in [4.69, 9.17) is 0 Å². The molecule has 1 aliphatic heterocycles. The Bertz CT molecular complexity index is 737. The summed E-state index contributed by atoms with van der Waals surface area (Å²) in [6, 6.07) is 5.66. The molecular formula is C13H8F2N4S2. The summed E-state index contributed by atoms with van der Waals surface area (Å²) in [5, 5.41) is 16.6. The van der Waals surface area contributed by atoms with Crippen LogP contribution in [-0.4, -0.2) is 20.7 Å². The highest BCUT2D eigenvalue weighted by Crippen LogP contribution is 2.52. The lowest BCUT2D eigenvalue weighted by Gasteiger charge is -2.09. The summed E-state index contributed by atoms with van der Waals surface area (Å²) >= 11 is 2.84. The van der Waals surface area contributed by atoms with E-state index in [1.54, 1.807) is 6.20 Å². The SMILES string of the molecule is N#C/C(=C1/SC[C@@H](c2ccc(F)cc2F)S1)n1ccnn1. The number of aromatic nitrogens is 3. The minimum Gasteiger partial charge on any atom is -0.208 e. The summed E-state index contributed by atoms with van der Waals surface area (Å²) in [5.41, 5.74) is 0.812.